The van der Waals surface area contributed by atoms with Gasteiger partial charge in [-0.3, -0.25) is 4.99 Å². The topological polar surface area (TPSA) is 81.8 Å². The van der Waals surface area contributed by atoms with E-state index in [2.05, 4.69) is 4.99 Å². The first-order chi connectivity index (χ1) is 6.57. The fourth-order valence-corrected chi connectivity index (χ4v) is 1.69. The van der Waals surface area contributed by atoms with Gasteiger partial charge in [0.15, 0.2) is 0 Å². The lowest BCUT2D eigenvalue weighted by molar-refractivity contribution is 0.375. The van der Waals surface area contributed by atoms with Crippen LogP contribution in [0, 0.1) is 0 Å². The SMILES string of the molecule is NS(=O)(=O)c1ccc2c(c1)OCC=N2. The molecule has 0 radical (unpaired) electrons. The number of rotatable bonds is 1. The summed E-state index contributed by atoms with van der Waals surface area (Å²) in [7, 11) is -3.67. The molecule has 6 heteroatoms. The molecule has 0 aromatic heterocycles. The third-order valence-corrected chi connectivity index (χ3v) is 2.71. The summed E-state index contributed by atoms with van der Waals surface area (Å²) in [4.78, 5) is 4.07. The minimum atomic E-state index is -3.67. The molecule has 1 heterocycles. The molecule has 74 valence electrons. The molecule has 0 aliphatic carbocycles. The Hall–Kier alpha value is -1.40. The van der Waals surface area contributed by atoms with Crippen molar-refractivity contribution in [1.29, 1.82) is 0 Å². The molecule has 1 aromatic rings. The molecular weight excluding hydrogens is 204 g/mol. The summed E-state index contributed by atoms with van der Waals surface area (Å²) in [6.45, 7) is 0.348. The first-order valence-corrected chi connectivity index (χ1v) is 5.44. The lowest BCUT2D eigenvalue weighted by Gasteiger charge is -2.11. The summed E-state index contributed by atoms with van der Waals surface area (Å²) < 4.78 is 27.2. The zero-order valence-electron chi connectivity index (χ0n) is 7.17. The van der Waals surface area contributed by atoms with Crippen molar-refractivity contribution < 1.29 is 13.2 Å². The summed E-state index contributed by atoms with van der Waals surface area (Å²) in [5, 5.41) is 4.97. The van der Waals surface area contributed by atoms with Gasteiger partial charge in [0.2, 0.25) is 10.0 Å². The van der Waals surface area contributed by atoms with Crippen LogP contribution in [0.15, 0.2) is 28.1 Å². The Morgan fingerprint density at radius 3 is 2.93 bits per heavy atom. The van der Waals surface area contributed by atoms with Crippen LogP contribution >= 0.6 is 0 Å². The molecule has 2 N–H and O–H groups in total. The molecule has 0 atom stereocenters. The summed E-state index contributed by atoms with van der Waals surface area (Å²) in [6.07, 6.45) is 1.61. The van der Waals surface area contributed by atoms with Crippen molar-refractivity contribution >= 4 is 21.9 Å². The highest BCUT2D eigenvalue weighted by Gasteiger charge is 2.13. The number of benzene rings is 1. The van der Waals surface area contributed by atoms with E-state index in [1.54, 1.807) is 12.3 Å². The van der Waals surface area contributed by atoms with E-state index in [1.165, 1.54) is 12.1 Å². The second-order valence-corrected chi connectivity index (χ2v) is 4.36. The Bertz CT molecular complexity index is 493. The molecule has 1 aromatic carbocycles. The van der Waals surface area contributed by atoms with Crippen LogP contribution in [-0.4, -0.2) is 21.2 Å². The summed E-state index contributed by atoms with van der Waals surface area (Å²) in [5.41, 5.74) is 0.614. The monoisotopic (exact) mass is 212 g/mol. The van der Waals surface area contributed by atoms with Gasteiger partial charge in [-0.15, -0.1) is 0 Å². The lowest BCUT2D eigenvalue weighted by atomic mass is 10.3. The van der Waals surface area contributed by atoms with Crippen LogP contribution in [0.1, 0.15) is 0 Å². The van der Waals surface area contributed by atoms with Gasteiger partial charge in [-0.05, 0) is 12.1 Å². The van der Waals surface area contributed by atoms with Gasteiger partial charge in [0.1, 0.15) is 18.0 Å². The quantitative estimate of drug-likeness (QED) is 0.732. The lowest BCUT2D eigenvalue weighted by Crippen LogP contribution is -2.12. The van der Waals surface area contributed by atoms with Gasteiger partial charge in [0.25, 0.3) is 0 Å². The highest BCUT2D eigenvalue weighted by molar-refractivity contribution is 7.89. The first kappa shape index (κ1) is 9.17. The third-order valence-electron chi connectivity index (χ3n) is 1.80. The van der Waals surface area contributed by atoms with Crippen molar-refractivity contribution in [3.63, 3.8) is 0 Å². The molecule has 1 aliphatic heterocycles. The average molecular weight is 212 g/mol. The highest BCUT2D eigenvalue weighted by Crippen LogP contribution is 2.31. The maximum Gasteiger partial charge on any atom is 0.238 e. The zero-order chi connectivity index (χ0) is 10.2. The van der Waals surface area contributed by atoms with E-state index in [0.29, 0.717) is 18.0 Å². The molecule has 0 fully saturated rings. The molecule has 1 aliphatic rings. The van der Waals surface area contributed by atoms with Gasteiger partial charge >= 0.3 is 0 Å². The number of fused-ring (bicyclic) bond motifs is 1. The number of primary sulfonamides is 1. The van der Waals surface area contributed by atoms with Crippen molar-refractivity contribution in [2.75, 3.05) is 6.61 Å². The number of hydrogen-bond acceptors (Lipinski definition) is 4. The Morgan fingerprint density at radius 2 is 2.21 bits per heavy atom. The van der Waals surface area contributed by atoms with Gasteiger partial charge in [-0.2, -0.15) is 0 Å². The molecule has 0 saturated carbocycles. The number of nitrogens with two attached hydrogens (primary N) is 1. The van der Waals surface area contributed by atoms with Crippen LogP contribution in [0.4, 0.5) is 5.69 Å². The number of ether oxygens (including phenoxy) is 1. The molecule has 0 saturated heterocycles. The van der Waals surface area contributed by atoms with Crippen molar-refractivity contribution in [2.45, 2.75) is 4.90 Å². The normalized spacial score (nSPS) is 14.6. The Labute approximate surface area is 81.3 Å². The standard InChI is InChI=1S/C8H8N2O3S/c9-14(11,12)6-1-2-7-8(5-6)13-4-3-10-7/h1-3,5H,4H2,(H2,9,11,12). The second-order valence-electron chi connectivity index (χ2n) is 2.80. The molecule has 2 rings (SSSR count). The number of aliphatic imine (C=N–C) groups is 1. The Balaban J connectivity index is 2.55. The predicted octanol–water partition coefficient (Wildman–Crippen LogP) is 0.429. The van der Waals surface area contributed by atoms with Crippen LogP contribution in [0.25, 0.3) is 0 Å². The van der Waals surface area contributed by atoms with Gasteiger partial charge in [0, 0.05) is 12.3 Å². The number of hydrogen-bond donors (Lipinski definition) is 1. The van der Waals surface area contributed by atoms with Crippen LogP contribution in [0.2, 0.25) is 0 Å². The van der Waals surface area contributed by atoms with Crippen molar-refractivity contribution in [3.05, 3.63) is 18.2 Å². The third kappa shape index (κ3) is 1.61. The molecule has 0 amide bonds. The van der Waals surface area contributed by atoms with Crippen LogP contribution in [0.5, 0.6) is 5.75 Å². The summed E-state index contributed by atoms with van der Waals surface area (Å²) in [6, 6.07) is 4.34. The van der Waals surface area contributed by atoms with E-state index in [-0.39, 0.29) is 4.90 Å². The second kappa shape index (κ2) is 3.07. The van der Waals surface area contributed by atoms with Gasteiger partial charge in [-0.25, -0.2) is 13.6 Å². The molecule has 14 heavy (non-hydrogen) atoms. The zero-order valence-corrected chi connectivity index (χ0v) is 7.99. The molecule has 0 spiro atoms. The predicted molar refractivity (Wildman–Crippen MR) is 51.5 cm³/mol. The van der Waals surface area contributed by atoms with Crippen molar-refractivity contribution in [1.82, 2.24) is 0 Å². The fourth-order valence-electron chi connectivity index (χ4n) is 1.16. The van der Waals surface area contributed by atoms with Gasteiger partial charge in [0.05, 0.1) is 4.90 Å². The Morgan fingerprint density at radius 1 is 1.43 bits per heavy atom. The van der Waals surface area contributed by atoms with Gasteiger partial charge in [-0.1, -0.05) is 0 Å². The largest absolute Gasteiger partial charge is 0.486 e. The smallest absolute Gasteiger partial charge is 0.238 e. The minimum absolute atomic E-state index is 0.0355. The first-order valence-electron chi connectivity index (χ1n) is 3.89. The van der Waals surface area contributed by atoms with Crippen LogP contribution in [-0.2, 0) is 10.0 Å². The van der Waals surface area contributed by atoms with Crippen molar-refractivity contribution in [3.8, 4) is 5.75 Å². The van der Waals surface area contributed by atoms with E-state index in [9.17, 15) is 8.42 Å². The molecule has 0 unspecified atom stereocenters. The number of nitrogens with zero attached hydrogens (tertiary/aromatic N) is 1. The number of sulfonamides is 1. The van der Waals surface area contributed by atoms with E-state index in [4.69, 9.17) is 9.88 Å². The molecular formula is C8H8N2O3S. The fraction of sp³-hybridized carbons (Fsp3) is 0.125. The average Bonchev–Trinajstić information content (AvgIpc) is 2.16. The minimum Gasteiger partial charge on any atom is -0.486 e. The molecule has 5 nitrogen and oxygen atoms in total. The Kier molecular flexibility index (Phi) is 2.01. The van der Waals surface area contributed by atoms with E-state index in [0.717, 1.165) is 0 Å². The van der Waals surface area contributed by atoms with Crippen molar-refractivity contribution in [2.24, 2.45) is 10.1 Å². The van der Waals surface area contributed by atoms with E-state index < -0.39 is 10.0 Å². The highest BCUT2D eigenvalue weighted by atomic mass is 32.2. The van der Waals surface area contributed by atoms with Gasteiger partial charge < -0.3 is 4.74 Å². The van der Waals surface area contributed by atoms with E-state index >= 15 is 0 Å². The van der Waals surface area contributed by atoms with E-state index in [1.807, 2.05) is 0 Å². The summed E-state index contributed by atoms with van der Waals surface area (Å²) >= 11 is 0. The maximum atomic E-state index is 11.0. The van der Waals surface area contributed by atoms with Crippen LogP contribution in [0.3, 0.4) is 0 Å². The summed E-state index contributed by atoms with van der Waals surface area (Å²) in [5.74, 6) is 0.444. The van der Waals surface area contributed by atoms with Crippen LogP contribution < -0.4 is 9.88 Å². The maximum absolute atomic E-state index is 11.0. The molecule has 0 bridgehead atoms.